The van der Waals surface area contributed by atoms with Gasteiger partial charge in [-0.25, -0.2) is 4.98 Å². The number of aromatic nitrogens is 2. The minimum atomic E-state index is -0.0191. The van der Waals surface area contributed by atoms with E-state index in [9.17, 15) is 4.79 Å². The van der Waals surface area contributed by atoms with Gasteiger partial charge in [-0.05, 0) is 43.0 Å². The van der Waals surface area contributed by atoms with Crippen molar-refractivity contribution < 1.29 is 4.74 Å². The van der Waals surface area contributed by atoms with Gasteiger partial charge in [-0.1, -0.05) is 53.7 Å². The van der Waals surface area contributed by atoms with Crippen molar-refractivity contribution in [3.8, 4) is 0 Å². The number of benzene rings is 2. The van der Waals surface area contributed by atoms with Crippen LogP contribution in [0.25, 0.3) is 10.9 Å². The van der Waals surface area contributed by atoms with Gasteiger partial charge in [0.2, 0.25) is 0 Å². The fourth-order valence-electron chi connectivity index (χ4n) is 3.34. The van der Waals surface area contributed by atoms with Crippen LogP contribution < -0.4 is 5.56 Å². The van der Waals surface area contributed by atoms with Crippen LogP contribution in [0.2, 0.25) is 5.02 Å². The highest BCUT2D eigenvalue weighted by atomic mass is 35.5. The molecule has 0 aliphatic carbocycles. The Kier molecular flexibility index (Phi) is 5.81. The number of hydrogen-bond acceptors (Lipinski definition) is 4. The fourth-order valence-corrected chi connectivity index (χ4v) is 4.50. The van der Waals surface area contributed by atoms with Crippen molar-refractivity contribution in [1.29, 1.82) is 0 Å². The highest BCUT2D eigenvalue weighted by molar-refractivity contribution is 7.99. The van der Waals surface area contributed by atoms with E-state index in [1.165, 1.54) is 5.56 Å². The maximum absolute atomic E-state index is 13.1. The van der Waals surface area contributed by atoms with Crippen LogP contribution in [-0.4, -0.2) is 28.0 Å². The van der Waals surface area contributed by atoms with Crippen molar-refractivity contribution in [2.75, 3.05) is 12.4 Å². The number of rotatable bonds is 6. The lowest BCUT2D eigenvalue weighted by Gasteiger charge is -2.16. The van der Waals surface area contributed by atoms with E-state index >= 15 is 0 Å². The molecular formula is C21H21ClN2O2S. The van der Waals surface area contributed by atoms with E-state index in [1.54, 1.807) is 34.5 Å². The van der Waals surface area contributed by atoms with Crippen molar-refractivity contribution in [3.63, 3.8) is 0 Å². The number of thioether (sulfide) groups is 1. The zero-order valence-electron chi connectivity index (χ0n) is 14.9. The molecule has 1 saturated heterocycles. The van der Waals surface area contributed by atoms with Crippen molar-refractivity contribution in [2.24, 2.45) is 0 Å². The minimum absolute atomic E-state index is 0.0191. The molecule has 1 fully saturated rings. The van der Waals surface area contributed by atoms with Gasteiger partial charge in [-0.15, -0.1) is 0 Å². The van der Waals surface area contributed by atoms with E-state index in [0.717, 1.165) is 36.8 Å². The number of hydrogen-bond donors (Lipinski definition) is 0. The van der Waals surface area contributed by atoms with Gasteiger partial charge in [-0.3, -0.25) is 9.36 Å². The van der Waals surface area contributed by atoms with E-state index in [0.29, 0.717) is 22.5 Å². The van der Waals surface area contributed by atoms with Gasteiger partial charge < -0.3 is 4.74 Å². The van der Waals surface area contributed by atoms with E-state index in [4.69, 9.17) is 21.3 Å². The summed E-state index contributed by atoms with van der Waals surface area (Å²) in [5.41, 5.74) is 1.91. The first kappa shape index (κ1) is 18.5. The topological polar surface area (TPSA) is 44.1 Å². The zero-order chi connectivity index (χ0) is 18.6. The molecule has 4 rings (SSSR count). The van der Waals surface area contributed by atoms with Crippen molar-refractivity contribution in [3.05, 3.63) is 69.5 Å². The molecule has 2 aromatic carbocycles. The molecule has 6 heteroatoms. The van der Waals surface area contributed by atoms with Crippen LogP contribution in [0.5, 0.6) is 0 Å². The van der Waals surface area contributed by atoms with Crippen LogP contribution in [0.4, 0.5) is 0 Å². The van der Waals surface area contributed by atoms with Crippen LogP contribution in [0.15, 0.2) is 58.5 Å². The summed E-state index contributed by atoms with van der Waals surface area (Å²) < 4.78 is 7.53. The van der Waals surface area contributed by atoms with Crippen molar-refractivity contribution in [2.45, 2.75) is 37.1 Å². The maximum atomic E-state index is 13.1. The summed E-state index contributed by atoms with van der Waals surface area (Å²) in [6, 6.07) is 15.6. The summed E-state index contributed by atoms with van der Waals surface area (Å²) in [4.78, 5) is 17.8. The SMILES string of the molecule is O=c1c2ccc(Cl)cc2nc(SCCc2ccccc2)n1C[C@H]1CCCO1. The Morgan fingerprint density at radius 2 is 2.07 bits per heavy atom. The van der Waals surface area contributed by atoms with Gasteiger partial charge in [0, 0.05) is 17.4 Å². The van der Waals surface area contributed by atoms with E-state index in [1.807, 2.05) is 18.2 Å². The van der Waals surface area contributed by atoms with E-state index in [2.05, 4.69) is 12.1 Å². The molecule has 1 aliphatic rings. The van der Waals surface area contributed by atoms with Crippen LogP contribution >= 0.6 is 23.4 Å². The monoisotopic (exact) mass is 400 g/mol. The summed E-state index contributed by atoms with van der Waals surface area (Å²) in [6.07, 6.45) is 3.04. The predicted molar refractivity (Wildman–Crippen MR) is 111 cm³/mol. The molecule has 1 atom stereocenters. The molecule has 0 unspecified atom stereocenters. The third kappa shape index (κ3) is 4.37. The lowest BCUT2D eigenvalue weighted by atomic mass is 10.2. The maximum Gasteiger partial charge on any atom is 0.262 e. The molecule has 1 aliphatic heterocycles. The summed E-state index contributed by atoms with van der Waals surface area (Å²) in [7, 11) is 0. The molecule has 4 nitrogen and oxygen atoms in total. The molecule has 0 saturated carbocycles. The van der Waals surface area contributed by atoms with Crippen LogP contribution in [0.3, 0.4) is 0 Å². The van der Waals surface area contributed by atoms with Crippen molar-refractivity contribution in [1.82, 2.24) is 9.55 Å². The lowest BCUT2D eigenvalue weighted by Crippen LogP contribution is -2.29. The normalized spacial score (nSPS) is 16.9. The highest BCUT2D eigenvalue weighted by Gasteiger charge is 2.20. The first-order valence-corrected chi connectivity index (χ1v) is 10.6. The lowest BCUT2D eigenvalue weighted by molar-refractivity contribution is 0.0937. The highest BCUT2D eigenvalue weighted by Crippen LogP contribution is 2.23. The molecule has 0 bridgehead atoms. The number of ether oxygens (including phenoxy) is 1. The van der Waals surface area contributed by atoms with Crippen LogP contribution in [-0.2, 0) is 17.7 Å². The summed E-state index contributed by atoms with van der Waals surface area (Å²) >= 11 is 7.72. The van der Waals surface area contributed by atoms with Gasteiger partial charge in [0.05, 0.1) is 23.6 Å². The number of nitrogens with zero attached hydrogens (tertiary/aromatic N) is 2. The van der Waals surface area contributed by atoms with Gasteiger partial charge in [0.15, 0.2) is 5.16 Å². The Balaban J connectivity index is 1.64. The Morgan fingerprint density at radius 1 is 1.22 bits per heavy atom. The van der Waals surface area contributed by atoms with Gasteiger partial charge in [0.1, 0.15) is 0 Å². The van der Waals surface area contributed by atoms with Crippen LogP contribution in [0.1, 0.15) is 18.4 Å². The summed E-state index contributed by atoms with van der Waals surface area (Å²) in [5.74, 6) is 0.855. The standard InChI is InChI=1S/C21H21ClN2O2S/c22-16-8-9-18-19(13-16)23-21(27-12-10-15-5-2-1-3-6-15)24(20(18)25)14-17-7-4-11-26-17/h1-3,5-6,8-9,13,17H,4,7,10-12,14H2/t17-/m1/s1. The largest absolute Gasteiger partial charge is 0.376 e. The van der Waals surface area contributed by atoms with Crippen molar-refractivity contribution >= 4 is 34.3 Å². The Morgan fingerprint density at radius 3 is 2.85 bits per heavy atom. The molecule has 0 radical (unpaired) electrons. The van der Waals surface area contributed by atoms with Gasteiger partial charge in [-0.2, -0.15) is 0 Å². The smallest absolute Gasteiger partial charge is 0.262 e. The molecule has 0 amide bonds. The molecule has 0 spiro atoms. The molecular weight excluding hydrogens is 380 g/mol. The van der Waals surface area contributed by atoms with Crippen LogP contribution in [0, 0.1) is 0 Å². The first-order valence-electron chi connectivity index (χ1n) is 9.19. The third-order valence-corrected chi connectivity index (χ3v) is 5.97. The Hall–Kier alpha value is -1.82. The second kappa shape index (κ2) is 8.46. The average molecular weight is 401 g/mol. The van der Waals surface area contributed by atoms with Gasteiger partial charge >= 0.3 is 0 Å². The molecule has 1 aromatic heterocycles. The van der Waals surface area contributed by atoms with Gasteiger partial charge in [0.25, 0.3) is 5.56 Å². The third-order valence-electron chi connectivity index (χ3n) is 4.76. The zero-order valence-corrected chi connectivity index (χ0v) is 16.5. The molecule has 3 aromatic rings. The van der Waals surface area contributed by atoms with E-state index < -0.39 is 0 Å². The second-order valence-electron chi connectivity index (χ2n) is 6.69. The summed E-state index contributed by atoms with van der Waals surface area (Å²) in [6.45, 7) is 1.32. The summed E-state index contributed by atoms with van der Waals surface area (Å²) in [5, 5.41) is 1.93. The number of fused-ring (bicyclic) bond motifs is 1. The Labute approximate surface area is 167 Å². The quantitative estimate of drug-likeness (QED) is 0.449. The molecule has 27 heavy (non-hydrogen) atoms. The predicted octanol–water partition coefficient (Wildman–Crippen LogP) is 4.56. The molecule has 140 valence electrons. The first-order chi connectivity index (χ1) is 13.2. The minimum Gasteiger partial charge on any atom is -0.376 e. The number of halogens is 1. The number of aryl methyl sites for hydroxylation is 1. The fraction of sp³-hybridized carbons (Fsp3) is 0.333. The average Bonchev–Trinajstić information content (AvgIpc) is 3.18. The Bertz CT molecular complexity index is 985. The second-order valence-corrected chi connectivity index (χ2v) is 8.19. The molecule has 0 N–H and O–H groups in total. The molecule has 2 heterocycles. The van der Waals surface area contributed by atoms with E-state index in [-0.39, 0.29) is 11.7 Å².